The molecule has 2 rings (SSSR count). The zero-order chi connectivity index (χ0) is 14.5. The van der Waals surface area contributed by atoms with E-state index in [9.17, 15) is 0 Å². The summed E-state index contributed by atoms with van der Waals surface area (Å²) in [7, 11) is 0. The Kier molecular flexibility index (Phi) is 4.76. The first-order valence-corrected chi connectivity index (χ1v) is 6.87. The Morgan fingerprint density at radius 3 is 2.65 bits per heavy atom. The molecular formula is C14H18ClN5. The molecule has 20 heavy (non-hydrogen) atoms. The van der Waals surface area contributed by atoms with Crippen molar-refractivity contribution < 1.29 is 0 Å². The number of nitrogens with two attached hydrogens (primary N) is 1. The average Bonchev–Trinajstić information content (AvgIpc) is 2.45. The molecule has 1 heterocycles. The van der Waals surface area contributed by atoms with Crippen molar-refractivity contribution in [2.75, 3.05) is 10.7 Å². The van der Waals surface area contributed by atoms with Gasteiger partial charge in [0.1, 0.15) is 18.0 Å². The first kappa shape index (κ1) is 14.6. The topological polar surface area (TPSA) is 75.9 Å². The van der Waals surface area contributed by atoms with Crippen LogP contribution in [-0.2, 0) is 6.42 Å². The van der Waals surface area contributed by atoms with E-state index in [-0.39, 0.29) is 0 Å². The third-order valence-corrected chi connectivity index (χ3v) is 3.42. The molecule has 1 aromatic carbocycles. The zero-order valence-electron chi connectivity index (χ0n) is 11.6. The van der Waals surface area contributed by atoms with Crippen LogP contribution in [0.2, 0.25) is 5.02 Å². The number of halogens is 1. The molecule has 2 aromatic rings. The van der Waals surface area contributed by atoms with Crippen molar-refractivity contribution in [3.05, 3.63) is 40.7 Å². The Labute approximate surface area is 123 Å². The van der Waals surface area contributed by atoms with Crippen molar-refractivity contribution in [1.29, 1.82) is 0 Å². The molecule has 0 bridgehead atoms. The third kappa shape index (κ3) is 3.18. The molecule has 0 unspecified atom stereocenters. The summed E-state index contributed by atoms with van der Waals surface area (Å²) in [6, 6.07) is 5.81. The van der Waals surface area contributed by atoms with Crippen LogP contribution in [0.4, 0.5) is 17.3 Å². The normalized spacial score (nSPS) is 10.4. The van der Waals surface area contributed by atoms with Gasteiger partial charge in [-0.25, -0.2) is 15.8 Å². The monoisotopic (exact) mass is 291 g/mol. The van der Waals surface area contributed by atoms with E-state index in [1.54, 1.807) is 0 Å². The fourth-order valence-electron chi connectivity index (χ4n) is 1.94. The molecule has 0 aliphatic carbocycles. The van der Waals surface area contributed by atoms with Crippen LogP contribution in [0.5, 0.6) is 0 Å². The summed E-state index contributed by atoms with van der Waals surface area (Å²) >= 11 is 6.13. The van der Waals surface area contributed by atoms with Gasteiger partial charge in [-0.3, -0.25) is 0 Å². The van der Waals surface area contributed by atoms with Gasteiger partial charge in [0.15, 0.2) is 0 Å². The van der Waals surface area contributed by atoms with Crippen molar-refractivity contribution in [3.8, 4) is 0 Å². The fraction of sp³-hybridized carbons (Fsp3) is 0.286. The standard InChI is InChI=1S/C14H18ClN5/c1-3-4-11-13(17-8-18-14(11)20-16)19-10-6-5-9(2)12(15)7-10/h5-8H,3-4,16H2,1-2H3,(H2,17,18,19,20). The summed E-state index contributed by atoms with van der Waals surface area (Å²) in [5.74, 6) is 6.88. The van der Waals surface area contributed by atoms with Gasteiger partial charge in [0.2, 0.25) is 0 Å². The first-order chi connectivity index (χ1) is 9.65. The largest absolute Gasteiger partial charge is 0.340 e. The molecule has 0 spiro atoms. The number of benzene rings is 1. The lowest BCUT2D eigenvalue weighted by Crippen LogP contribution is -2.13. The smallest absolute Gasteiger partial charge is 0.148 e. The number of aryl methyl sites for hydroxylation is 1. The lowest BCUT2D eigenvalue weighted by molar-refractivity contribution is 0.903. The fourth-order valence-corrected chi connectivity index (χ4v) is 2.12. The minimum absolute atomic E-state index is 0.641. The van der Waals surface area contributed by atoms with Crippen LogP contribution in [0.25, 0.3) is 0 Å². The predicted molar refractivity (Wildman–Crippen MR) is 83.3 cm³/mol. The van der Waals surface area contributed by atoms with Gasteiger partial charge in [-0.2, -0.15) is 0 Å². The van der Waals surface area contributed by atoms with Gasteiger partial charge in [-0.1, -0.05) is 31.0 Å². The third-order valence-electron chi connectivity index (χ3n) is 3.02. The number of hydrogen-bond donors (Lipinski definition) is 3. The molecule has 0 saturated carbocycles. The SMILES string of the molecule is CCCc1c(NN)ncnc1Nc1ccc(C)c(Cl)c1. The number of anilines is 3. The Morgan fingerprint density at radius 2 is 2.00 bits per heavy atom. The molecule has 4 N–H and O–H groups in total. The second kappa shape index (κ2) is 6.54. The molecule has 0 aliphatic heterocycles. The van der Waals surface area contributed by atoms with Gasteiger partial charge in [-0.15, -0.1) is 0 Å². The maximum atomic E-state index is 6.13. The number of hydrazine groups is 1. The van der Waals surface area contributed by atoms with E-state index in [1.165, 1.54) is 6.33 Å². The van der Waals surface area contributed by atoms with E-state index in [4.69, 9.17) is 17.4 Å². The molecule has 0 fully saturated rings. The predicted octanol–water partition coefficient (Wildman–Crippen LogP) is 3.42. The average molecular weight is 292 g/mol. The number of nitrogen functional groups attached to an aromatic ring is 1. The van der Waals surface area contributed by atoms with Crippen LogP contribution in [0, 0.1) is 6.92 Å². The molecule has 6 heteroatoms. The molecule has 0 amide bonds. The minimum atomic E-state index is 0.641. The maximum absolute atomic E-state index is 6.13. The number of aromatic nitrogens is 2. The highest BCUT2D eigenvalue weighted by atomic mass is 35.5. The Morgan fingerprint density at radius 1 is 1.25 bits per heavy atom. The Balaban J connectivity index is 2.34. The van der Waals surface area contributed by atoms with E-state index < -0.39 is 0 Å². The number of nitrogens with zero attached hydrogens (tertiary/aromatic N) is 2. The second-order valence-corrected chi connectivity index (χ2v) is 4.94. The molecular weight excluding hydrogens is 274 g/mol. The van der Waals surface area contributed by atoms with Gasteiger partial charge < -0.3 is 10.7 Å². The Bertz CT molecular complexity index is 600. The molecule has 1 aromatic heterocycles. The van der Waals surface area contributed by atoms with Gasteiger partial charge >= 0.3 is 0 Å². The molecule has 5 nitrogen and oxygen atoms in total. The summed E-state index contributed by atoms with van der Waals surface area (Å²) in [6.07, 6.45) is 3.29. The Hall–Kier alpha value is -1.85. The summed E-state index contributed by atoms with van der Waals surface area (Å²) in [5, 5.41) is 3.99. The first-order valence-electron chi connectivity index (χ1n) is 6.49. The molecule has 0 atom stereocenters. The second-order valence-electron chi connectivity index (χ2n) is 4.53. The van der Waals surface area contributed by atoms with Gasteiger partial charge in [0.05, 0.1) is 0 Å². The van der Waals surface area contributed by atoms with Crippen LogP contribution in [0.3, 0.4) is 0 Å². The molecule has 0 radical (unpaired) electrons. The van der Waals surface area contributed by atoms with E-state index in [2.05, 4.69) is 27.6 Å². The molecule has 106 valence electrons. The van der Waals surface area contributed by atoms with Crippen molar-refractivity contribution in [2.24, 2.45) is 5.84 Å². The summed E-state index contributed by atoms with van der Waals surface area (Å²) in [6.45, 7) is 4.07. The highest BCUT2D eigenvalue weighted by molar-refractivity contribution is 6.31. The van der Waals surface area contributed by atoms with Crippen LogP contribution in [-0.4, -0.2) is 9.97 Å². The number of rotatable bonds is 5. The summed E-state index contributed by atoms with van der Waals surface area (Å²) < 4.78 is 0. The van der Waals surface area contributed by atoms with E-state index in [0.717, 1.165) is 40.5 Å². The van der Waals surface area contributed by atoms with Crippen LogP contribution >= 0.6 is 11.6 Å². The lowest BCUT2D eigenvalue weighted by Gasteiger charge is -2.14. The number of nitrogens with one attached hydrogen (secondary N) is 2. The quantitative estimate of drug-likeness (QED) is 0.581. The van der Waals surface area contributed by atoms with Gasteiger partial charge in [0.25, 0.3) is 0 Å². The van der Waals surface area contributed by atoms with Crippen LogP contribution in [0.15, 0.2) is 24.5 Å². The lowest BCUT2D eigenvalue weighted by atomic mass is 10.1. The highest BCUT2D eigenvalue weighted by Gasteiger charge is 2.10. The number of hydrogen-bond acceptors (Lipinski definition) is 5. The van der Waals surface area contributed by atoms with Crippen molar-refractivity contribution in [2.45, 2.75) is 26.7 Å². The van der Waals surface area contributed by atoms with E-state index in [0.29, 0.717) is 5.82 Å². The van der Waals surface area contributed by atoms with Crippen molar-refractivity contribution >= 4 is 28.9 Å². The zero-order valence-corrected chi connectivity index (χ0v) is 12.3. The van der Waals surface area contributed by atoms with E-state index in [1.807, 2.05) is 25.1 Å². The van der Waals surface area contributed by atoms with Crippen molar-refractivity contribution in [3.63, 3.8) is 0 Å². The maximum Gasteiger partial charge on any atom is 0.148 e. The molecule has 0 aliphatic rings. The summed E-state index contributed by atoms with van der Waals surface area (Å²) in [4.78, 5) is 8.43. The van der Waals surface area contributed by atoms with Gasteiger partial charge in [-0.05, 0) is 31.0 Å². The highest BCUT2D eigenvalue weighted by Crippen LogP contribution is 2.26. The van der Waals surface area contributed by atoms with Crippen molar-refractivity contribution in [1.82, 2.24) is 9.97 Å². The van der Waals surface area contributed by atoms with Gasteiger partial charge in [0, 0.05) is 16.3 Å². The molecule has 0 saturated heterocycles. The van der Waals surface area contributed by atoms with E-state index >= 15 is 0 Å². The van der Waals surface area contributed by atoms with Crippen LogP contribution in [0.1, 0.15) is 24.5 Å². The summed E-state index contributed by atoms with van der Waals surface area (Å²) in [5.41, 5.74) is 5.51. The van der Waals surface area contributed by atoms with Crippen LogP contribution < -0.4 is 16.6 Å². The minimum Gasteiger partial charge on any atom is -0.340 e.